The van der Waals surface area contributed by atoms with E-state index in [0.717, 1.165) is 16.7 Å². The van der Waals surface area contributed by atoms with Crippen molar-refractivity contribution in [3.8, 4) is 5.69 Å². The molecule has 0 atom stereocenters. The van der Waals surface area contributed by atoms with Crippen molar-refractivity contribution in [1.82, 2.24) is 15.1 Å². The summed E-state index contributed by atoms with van der Waals surface area (Å²) in [6, 6.07) is 8.60. The van der Waals surface area contributed by atoms with Gasteiger partial charge in [-0.3, -0.25) is 0 Å². The molecule has 0 fully saturated rings. The van der Waals surface area contributed by atoms with Crippen LogP contribution in [0.25, 0.3) is 5.69 Å². The van der Waals surface area contributed by atoms with Crippen molar-refractivity contribution in [1.29, 1.82) is 0 Å². The molecule has 18 heavy (non-hydrogen) atoms. The standard InChI is InChI=1S/C14H18BrN3/c1-10(2)16-8-12-9-17-18(11(12)3)14-7-5-4-6-13(14)15/h4-7,9-10,16H,8H2,1-3H3. The first-order valence-electron chi connectivity index (χ1n) is 6.11. The first-order valence-corrected chi connectivity index (χ1v) is 6.90. The normalized spacial score (nSPS) is 11.2. The van der Waals surface area contributed by atoms with E-state index in [4.69, 9.17) is 0 Å². The van der Waals surface area contributed by atoms with Gasteiger partial charge in [-0.1, -0.05) is 26.0 Å². The van der Waals surface area contributed by atoms with Crippen molar-refractivity contribution < 1.29 is 0 Å². The molecule has 0 saturated carbocycles. The third-order valence-electron chi connectivity index (χ3n) is 2.89. The van der Waals surface area contributed by atoms with Gasteiger partial charge in [-0.05, 0) is 35.0 Å². The van der Waals surface area contributed by atoms with E-state index in [1.54, 1.807) is 0 Å². The van der Waals surface area contributed by atoms with Gasteiger partial charge in [0.2, 0.25) is 0 Å². The molecule has 0 amide bonds. The Bertz CT molecular complexity index is 532. The Labute approximate surface area is 116 Å². The first kappa shape index (κ1) is 13.3. The molecule has 2 rings (SSSR count). The largest absolute Gasteiger partial charge is 0.310 e. The molecule has 4 heteroatoms. The predicted octanol–water partition coefficient (Wildman–Crippen LogP) is 3.44. The highest BCUT2D eigenvalue weighted by Crippen LogP contribution is 2.22. The van der Waals surface area contributed by atoms with Gasteiger partial charge in [-0.2, -0.15) is 5.10 Å². The molecule has 1 aromatic carbocycles. The second-order valence-electron chi connectivity index (χ2n) is 4.65. The summed E-state index contributed by atoms with van der Waals surface area (Å²) >= 11 is 3.56. The third kappa shape index (κ3) is 2.82. The molecule has 2 aromatic rings. The lowest BCUT2D eigenvalue weighted by Crippen LogP contribution is -2.22. The zero-order valence-electron chi connectivity index (χ0n) is 10.9. The molecule has 1 heterocycles. The second-order valence-corrected chi connectivity index (χ2v) is 5.51. The second kappa shape index (κ2) is 5.67. The van der Waals surface area contributed by atoms with Crippen molar-refractivity contribution in [3.63, 3.8) is 0 Å². The maximum Gasteiger partial charge on any atom is 0.0790 e. The molecule has 1 N–H and O–H groups in total. The minimum absolute atomic E-state index is 0.483. The Morgan fingerprint density at radius 2 is 2.06 bits per heavy atom. The Hall–Kier alpha value is -1.13. The van der Waals surface area contributed by atoms with Crippen LogP contribution >= 0.6 is 15.9 Å². The number of hydrogen-bond acceptors (Lipinski definition) is 2. The minimum Gasteiger partial charge on any atom is -0.310 e. The quantitative estimate of drug-likeness (QED) is 0.937. The molecule has 0 unspecified atom stereocenters. The van der Waals surface area contributed by atoms with Gasteiger partial charge in [0.1, 0.15) is 0 Å². The molecule has 0 bridgehead atoms. The average molecular weight is 308 g/mol. The predicted molar refractivity (Wildman–Crippen MR) is 78.0 cm³/mol. The van der Waals surface area contributed by atoms with Gasteiger partial charge >= 0.3 is 0 Å². The first-order chi connectivity index (χ1) is 8.59. The molecule has 0 aliphatic carbocycles. The number of nitrogens with zero attached hydrogens (tertiary/aromatic N) is 2. The van der Waals surface area contributed by atoms with E-state index in [-0.39, 0.29) is 0 Å². The Morgan fingerprint density at radius 1 is 1.33 bits per heavy atom. The van der Waals surface area contributed by atoms with Crippen LogP contribution in [0.15, 0.2) is 34.9 Å². The number of benzene rings is 1. The van der Waals surface area contributed by atoms with Crippen molar-refractivity contribution in [3.05, 3.63) is 46.2 Å². The van der Waals surface area contributed by atoms with Gasteiger partial charge in [0.25, 0.3) is 0 Å². The highest BCUT2D eigenvalue weighted by atomic mass is 79.9. The molecular formula is C14H18BrN3. The van der Waals surface area contributed by atoms with E-state index >= 15 is 0 Å². The fraction of sp³-hybridized carbons (Fsp3) is 0.357. The van der Waals surface area contributed by atoms with Gasteiger partial charge in [0, 0.05) is 28.3 Å². The van der Waals surface area contributed by atoms with Crippen LogP contribution in [0.2, 0.25) is 0 Å². The summed E-state index contributed by atoms with van der Waals surface area (Å²) in [6.45, 7) is 7.25. The summed E-state index contributed by atoms with van der Waals surface area (Å²) < 4.78 is 3.03. The smallest absolute Gasteiger partial charge is 0.0790 e. The maximum atomic E-state index is 4.47. The Balaban J connectivity index is 2.28. The van der Waals surface area contributed by atoms with Crippen LogP contribution in [-0.4, -0.2) is 15.8 Å². The topological polar surface area (TPSA) is 29.9 Å². The fourth-order valence-corrected chi connectivity index (χ4v) is 2.25. The Kier molecular flexibility index (Phi) is 4.19. The molecule has 3 nitrogen and oxygen atoms in total. The van der Waals surface area contributed by atoms with Gasteiger partial charge in [0.15, 0.2) is 0 Å². The third-order valence-corrected chi connectivity index (χ3v) is 3.56. The highest BCUT2D eigenvalue weighted by Gasteiger charge is 2.10. The van der Waals surface area contributed by atoms with Gasteiger partial charge in [-0.25, -0.2) is 4.68 Å². The lowest BCUT2D eigenvalue weighted by atomic mass is 10.2. The van der Waals surface area contributed by atoms with E-state index in [2.05, 4.69) is 53.2 Å². The van der Waals surface area contributed by atoms with Gasteiger partial charge in [0.05, 0.1) is 11.9 Å². The van der Waals surface area contributed by atoms with Crippen LogP contribution in [0.5, 0.6) is 0 Å². The summed E-state index contributed by atoms with van der Waals surface area (Å²) in [5, 5.41) is 7.89. The molecule has 0 aliphatic heterocycles. The van der Waals surface area contributed by atoms with E-state index in [9.17, 15) is 0 Å². The monoisotopic (exact) mass is 307 g/mol. The van der Waals surface area contributed by atoms with Crippen LogP contribution < -0.4 is 5.32 Å². The summed E-state index contributed by atoms with van der Waals surface area (Å²) in [7, 11) is 0. The van der Waals surface area contributed by atoms with Crippen LogP contribution in [0.3, 0.4) is 0 Å². The molecule has 0 radical (unpaired) electrons. The van der Waals surface area contributed by atoms with Crippen molar-refractivity contribution >= 4 is 15.9 Å². The average Bonchev–Trinajstić information content (AvgIpc) is 2.69. The number of halogens is 1. The molecule has 0 aliphatic rings. The summed E-state index contributed by atoms with van der Waals surface area (Å²) in [6.07, 6.45) is 1.93. The zero-order chi connectivity index (χ0) is 13.1. The maximum absolute atomic E-state index is 4.47. The fourth-order valence-electron chi connectivity index (χ4n) is 1.80. The van der Waals surface area contributed by atoms with E-state index in [0.29, 0.717) is 6.04 Å². The lowest BCUT2D eigenvalue weighted by molar-refractivity contribution is 0.587. The molecule has 0 spiro atoms. The molecule has 1 aromatic heterocycles. The number of para-hydroxylation sites is 1. The van der Waals surface area contributed by atoms with Crippen molar-refractivity contribution in [2.45, 2.75) is 33.4 Å². The SMILES string of the molecule is Cc1c(CNC(C)C)cnn1-c1ccccc1Br. The number of hydrogen-bond donors (Lipinski definition) is 1. The molecule has 0 saturated heterocycles. The minimum atomic E-state index is 0.483. The van der Waals surface area contributed by atoms with E-state index in [1.807, 2.05) is 29.1 Å². The van der Waals surface area contributed by atoms with Gasteiger partial charge in [-0.15, -0.1) is 0 Å². The number of rotatable bonds is 4. The number of nitrogens with one attached hydrogen (secondary N) is 1. The van der Waals surface area contributed by atoms with E-state index < -0.39 is 0 Å². The summed E-state index contributed by atoms with van der Waals surface area (Å²) in [5.74, 6) is 0. The lowest BCUT2D eigenvalue weighted by Gasteiger charge is -2.09. The zero-order valence-corrected chi connectivity index (χ0v) is 12.5. The highest BCUT2D eigenvalue weighted by molar-refractivity contribution is 9.10. The van der Waals surface area contributed by atoms with Crippen LogP contribution in [0.4, 0.5) is 0 Å². The van der Waals surface area contributed by atoms with Crippen molar-refractivity contribution in [2.75, 3.05) is 0 Å². The Morgan fingerprint density at radius 3 is 2.72 bits per heavy atom. The molecule has 96 valence electrons. The van der Waals surface area contributed by atoms with Gasteiger partial charge < -0.3 is 5.32 Å². The van der Waals surface area contributed by atoms with Crippen LogP contribution in [0, 0.1) is 6.92 Å². The summed E-state index contributed by atoms with van der Waals surface area (Å²) in [4.78, 5) is 0. The van der Waals surface area contributed by atoms with Crippen molar-refractivity contribution in [2.24, 2.45) is 0 Å². The summed E-state index contributed by atoms with van der Waals surface area (Å²) in [5.41, 5.74) is 3.49. The van der Waals surface area contributed by atoms with Crippen LogP contribution in [0.1, 0.15) is 25.1 Å². The van der Waals surface area contributed by atoms with Crippen LogP contribution in [-0.2, 0) is 6.54 Å². The number of aromatic nitrogens is 2. The van der Waals surface area contributed by atoms with E-state index in [1.165, 1.54) is 11.3 Å². The molecular weight excluding hydrogens is 290 g/mol.